The molecule has 3 aromatic rings. The molecule has 0 saturated heterocycles. The van der Waals surface area contributed by atoms with E-state index in [4.69, 9.17) is 22.1 Å². The Labute approximate surface area is 174 Å². The zero-order valence-corrected chi connectivity index (χ0v) is 17.4. The first-order chi connectivity index (χ1) is 13.7. The van der Waals surface area contributed by atoms with E-state index in [0.717, 1.165) is 10.9 Å². The number of aromatic nitrogens is 2. The number of fused-ring (bicyclic) bond motifs is 1. The van der Waals surface area contributed by atoms with E-state index in [1.54, 1.807) is 24.4 Å². The summed E-state index contributed by atoms with van der Waals surface area (Å²) in [6.07, 6.45) is 1.13. The number of rotatable bonds is 7. The van der Waals surface area contributed by atoms with Crippen molar-refractivity contribution in [2.24, 2.45) is 11.7 Å². The average molecular weight is 420 g/mol. The summed E-state index contributed by atoms with van der Waals surface area (Å²) in [4.78, 5) is 8.47. The lowest BCUT2D eigenvalue weighted by Crippen LogP contribution is -2.43. The fourth-order valence-electron chi connectivity index (χ4n) is 3.49. The van der Waals surface area contributed by atoms with Crippen LogP contribution in [0.2, 0.25) is 5.02 Å². The van der Waals surface area contributed by atoms with Gasteiger partial charge in [-0.2, -0.15) is 0 Å². The van der Waals surface area contributed by atoms with Crippen molar-refractivity contribution >= 4 is 22.5 Å². The SMILES string of the molecule is CC(C)C[C@@](C)(N)COc1ncc(-c2ccnc3cc(Cl)ccc23)cc1C(F)F. The zero-order valence-electron chi connectivity index (χ0n) is 16.6. The molecule has 2 aromatic heterocycles. The molecule has 0 saturated carbocycles. The normalized spacial score (nSPS) is 13.8. The summed E-state index contributed by atoms with van der Waals surface area (Å²) in [7, 11) is 0. The Kier molecular flexibility index (Phi) is 6.34. The van der Waals surface area contributed by atoms with Crippen LogP contribution in [0.15, 0.2) is 42.7 Å². The monoisotopic (exact) mass is 419 g/mol. The smallest absolute Gasteiger partial charge is 0.269 e. The Hall–Kier alpha value is -2.31. The van der Waals surface area contributed by atoms with E-state index >= 15 is 0 Å². The van der Waals surface area contributed by atoms with Crippen LogP contribution in [0.4, 0.5) is 8.78 Å². The molecule has 0 aliphatic heterocycles. The van der Waals surface area contributed by atoms with Gasteiger partial charge in [-0.3, -0.25) is 4.98 Å². The average Bonchev–Trinajstić information content (AvgIpc) is 2.64. The Morgan fingerprint density at radius 3 is 2.62 bits per heavy atom. The zero-order chi connectivity index (χ0) is 21.2. The first kappa shape index (κ1) is 21.4. The number of benzene rings is 1. The van der Waals surface area contributed by atoms with Crippen molar-refractivity contribution in [2.45, 2.75) is 39.2 Å². The summed E-state index contributed by atoms with van der Waals surface area (Å²) < 4.78 is 33.1. The molecular formula is C22H24ClF2N3O. The molecule has 0 fully saturated rings. The lowest BCUT2D eigenvalue weighted by atomic mass is 9.93. The highest BCUT2D eigenvalue weighted by molar-refractivity contribution is 6.31. The van der Waals surface area contributed by atoms with Gasteiger partial charge in [-0.05, 0) is 49.1 Å². The summed E-state index contributed by atoms with van der Waals surface area (Å²) in [6, 6.07) is 8.47. The van der Waals surface area contributed by atoms with E-state index in [-0.39, 0.29) is 18.1 Å². The lowest BCUT2D eigenvalue weighted by Gasteiger charge is -2.26. The summed E-state index contributed by atoms with van der Waals surface area (Å²) in [6.45, 7) is 6.05. The van der Waals surface area contributed by atoms with E-state index in [1.807, 2.05) is 13.0 Å². The molecule has 2 heterocycles. The van der Waals surface area contributed by atoms with E-state index in [0.29, 0.717) is 28.4 Å². The molecule has 0 spiro atoms. The third-order valence-electron chi connectivity index (χ3n) is 4.54. The molecule has 0 aliphatic rings. The Morgan fingerprint density at radius 1 is 1.17 bits per heavy atom. The van der Waals surface area contributed by atoms with E-state index in [2.05, 4.69) is 23.8 Å². The predicted octanol–water partition coefficient (Wildman–Crippen LogP) is 6.03. The minimum absolute atomic E-state index is 0.0920. The number of nitrogens with two attached hydrogens (primary N) is 1. The fraction of sp³-hybridized carbons (Fsp3) is 0.364. The van der Waals surface area contributed by atoms with Gasteiger partial charge in [-0.15, -0.1) is 0 Å². The molecule has 0 aliphatic carbocycles. The molecule has 4 nitrogen and oxygen atoms in total. The first-order valence-electron chi connectivity index (χ1n) is 9.41. The molecule has 2 N–H and O–H groups in total. The van der Waals surface area contributed by atoms with E-state index < -0.39 is 12.0 Å². The van der Waals surface area contributed by atoms with Gasteiger partial charge in [0.15, 0.2) is 0 Å². The molecule has 1 aromatic carbocycles. The first-order valence-corrected chi connectivity index (χ1v) is 9.78. The Morgan fingerprint density at radius 2 is 1.93 bits per heavy atom. The minimum atomic E-state index is -2.73. The van der Waals surface area contributed by atoms with Crippen LogP contribution in [0, 0.1) is 5.92 Å². The quantitative estimate of drug-likeness (QED) is 0.507. The number of ether oxygens (including phenoxy) is 1. The summed E-state index contributed by atoms with van der Waals surface area (Å²) >= 11 is 6.03. The number of pyridine rings is 2. The molecule has 0 bridgehead atoms. The summed E-state index contributed by atoms with van der Waals surface area (Å²) in [5, 5.41) is 1.36. The van der Waals surface area contributed by atoms with Gasteiger partial charge in [0.05, 0.1) is 11.1 Å². The topological polar surface area (TPSA) is 61.0 Å². The maximum absolute atomic E-state index is 13.7. The van der Waals surface area contributed by atoms with Gasteiger partial charge >= 0.3 is 0 Å². The number of nitrogens with zero attached hydrogens (tertiary/aromatic N) is 2. The van der Waals surface area contributed by atoms with Crippen LogP contribution in [0.1, 0.15) is 39.2 Å². The molecule has 1 atom stereocenters. The third-order valence-corrected chi connectivity index (χ3v) is 4.78. The second kappa shape index (κ2) is 8.59. The Balaban J connectivity index is 1.95. The number of alkyl halides is 2. The number of hydrogen-bond acceptors (Lipinski definition) is 4. The highest BCUT2D eigenvalue weighted by atomic mass is 35.5. The van der Waals surface area contributed by atoms with Crippen molar-refractivity contribution in [3.05, 3.63) is 53.3 Å². The minimum Gasteiger partial charge on any atom is -0.475 e. The van der Waals surface area contributed by atoms with Crippen molar-refractivity contribution in [3.63, 3.8) is 0 Å². The molecule has 0 radical (unpaired) electrons. The van der Waals surface area contributed by atoms with Gasteiger partial charge in [0.25, 0.3) is 6.43 Å². The van der Waals surface area contributed by atoms with E-state index in [1.165, 1.54) is 12.3 Å². The van der Waals surface area contributed by atoms with Crippen LogP contribution in [0.5, 0.6) is 5.88 Å². The summed E-state index contributed by atoms with van der Waals surface area (Å²) in [5.74, 6) is 0.276. The van der Waals surface area contributed by atoms with Crippen LogP contribution in [-0.4, -0.2) is 22.1 Å². The molecule has 7 heteroatoms. The summed E-state index contributed by atoms with van der Waals surface area (Å²) in [5.41, 5.74) is 7.32. The maximum atomic E-state index is 13.7. The molecule has 29 heavy (non-hydrogen) atoms. The van der Waals surface area contributed by atoms with E-state index in [9.17, 15) is 8.78 Å². The number of halogens is 3. The fourth-order valence-corrected chi connectivity index (χ4v) is 3.66. The van der Waals surface area contributed by atoms with Crippen molar-refractivity contribution in [1.82, 2.24) is 9.97 Å². The van der Waals surface area contributed by atoms with Crippen LogP contribution < -0.4 is 10.5 Å². The molecule has 3 rings (SSSR count). The third kappa shape index (κ3) is 5.19. The molecule has 154 valence electrons. The van der Waals surface area contributed by atoms with Crippen molar-refractivity contribution < 1.29 is 13.5 Å². The second-order valence-electron chi connectivity index (χ2n) is 7.98. The van der Waals surface area contributed by atoms with Crippen LogP contribution in [-0.2, 0) is 0 Å². The van der Waals surface area contributed by atoms with Crippen molar-refractivity contribution in [1.29, 1.82) is 0 Å². The second-order valence-corrected chi connectivity index (χ2v) is 8.42. The van der Waals surface area contributed by atoms with Crippen LogP contribution >= 0.6 is 11.6 Å². The maximum Gasteiger partial charge on any atom is 0.269 e. The van der Waals surface area contributed by atoms with Gasteiger partial charge in [-0.1, -0.05) is 31.5 Å². The van der Waals surface area contributed by atoms with Crippen LogP contribution in [0.25, 0.3) is 22.0 Å². The van der Waals surface area contributed by atoms with Gasteiger partial charge in [-0.25, -0.2) is 13.8 Å². The van der Waals surface area contributed by atoms with Gasteiger partial charge in [0.2, 0.25) is 5.88 Å². The number of hydrogen-bond donors (Lipinski definition) is 1. The lowest BCUT2D eigenvalue weighted by molar-refractivity contribution is 0.137. The van der Waals surface area contributed by atoms with Gasteiger partial charge in [0, 0.05) is 33.9 Å². The largest absolute Gasteiger partial charge is 0.475 e. The molecule has 0 unspecified atom stereocenters. The Bertz CT molecular complexity index is 1010. The van der Waals surface area contributed by atoms with Gasteiger partial charge < -0.3 is 10.5 Å². The molecule has 0 amide bonds. The van der Waals surface area contributed by atoms with Crippen molar-refractivity contribution in [2.75, 3.05) is 6.61 Å². The molecular weight excluding hydrogens is 396 g/mol. The van der Waals surface area contributed by atoms with Gasteiger partial charge in [0.1, 0.15) is 6.61 Å². The van der Waals surface area contributed by atoms with Crippen LogP contribution in [0.3, 0.4) is 0 Å². The highest BCUT2D eigenvalue weighted by Gasteiger charge is 2.24. The standard InChI is InChI=1S/C22H24ClF2N3O/c1-13(2)10-22(3,26)12-29-21-18(20(24)25)8-14(11-28-21)16-6-7-27-19-9-15(23)4-5-17(16)19/h4-9,11,13,20H,10,12,26H2,1-3H3/t22-/m1/s1. The van der Waals surface area contributed by atoms with Crippen molar-refractivity contribution in [3.8, 4) is 17.0 Å². The highest BCUT2D eigenvalue weighted by Crippen LogP contribution is 2.34. The predicted molar refractivity (Wildman–Crippen MR) is 112 cm³/mol.